The van der Waals surface area contributed by atoms with E-state index in [0.717, 1.165) is 5.56 Å². The lowest BCUT2D eigenvalue weighted by molar-refractivity contribution is -0.141. The van der Waals surface area contributed by atoms with E-state index in [2.05, 4.69) is 4.72 Å². The van der Waals surface area contributed by atoms with Gasteiger partial charge in [-0.2, -0.15) is 0 Å². The standard InChI is InChI=1S/C15H21NO4S/c1-11(12-5-3-2-4-6-12)10-21(19,20)16-14-8-7-13(9-14)15(17)18/h2-6,11,13-14,16H,7-10H2,1H3,(H,17,18). The van der Waals surface area contributed by atoms with Gasteiger partial charge in [0.25, 0.3) is 0 Å². The van der Waals surface area contributed by atoms with E-state index in [4.69, 9.17) is 5.11 Å². The van der Waals surface area contributed by atoms with E-state index >= 15 is 0 Å². The average molecular weight is 311 g/mol. The van der Waals surface area contributed by atoms with Gasteiger partial charge in [0.15, 0.2) is 0 Å². The summed E-state index contributed by atoms with van der Waals surface area (Å²) in [7, 11) is -3.40. The molecule has 1 aromatic carbocycles. The summed E-state index contributed by atoms with van der Waals surface area (Å²) in [4.78, 5) is 10.9. The number of carbonyl (C=O) groups is 1. The van der Waals surface area contributed by atoms with Gasteiger partial charge in [-0.25, -0.2) is 13.1 Å². The highest BCUT2D eigenvalue weighted by Crippen LogP contribution is 2.26. The topological polar surface area (TPSA) is 83.5 Å². The highest BCUT2D eigenvalue weighted by atomic mass is 32.2. The van der Waals surface area contributed by atoms with Crippen molar-refractivity contribution in [2.45, 2.75) is 38.1 Å². The second-order valence-corrected chi connectivity index (χ2v) is 7.55. The molecule has 0 aromatic heterocycles. The summed E-state index contributed by atoms with van der Waals surface area (Å²) >= 11 is 0. The van der Waals surface area contributed by atoms with Crippen molar-refractivity contribution >= 4 is 16.0 Å². The molecule has 0 heterocycles. The number of carboxylic acids is 1. The zero-order chi connectivity index (χ0) is 15.5. The lowest BCUT2D eigenvalue weighted by Crippen LogP contribution is -2.36. The number of sulfonamides is 1. The Morgan fingerprint density at radius 3 is 2.57 bits per heavy atom. The lowest BCUT2D eigenvalue weighted by Gasteiger charge is -2.16. The molecular weight excluding hydrogens is 290 g/mol. The average Bonchev–Trinajstić information content (AvgIpc) is 2.87. The fourth-order valence-electron chi connectivity index (χ4n) is 2.82. The van der Waals surface area contributed by atoms with Crippen LogP contribution < -0.4 is 4.72 Å². The van der Waals surface area contributed by atoms with Gasteiger partial charge in [0.2, 0.25) is 10.0 Å². The van der Waals surface area contributed by atoms with Gasteiger partial charge in [-0.3, -0.25) is 4.79 Å². The smallest absolute Gasteiger partial charge is 0.306 e. The van der Waals surface area contributed by atoms with Crippen molar-refractivity contribution in [3.8, 4) is 0 Å². The third-order valence-electron chi connectivity index (χ3n) is 3.97. The predicted molar refractivity (Wildman–Crippen MR) is 80.5 cm³/mol. The molecule has 3 atom stereocenters. The molecule has 0 amide bonds. The summed E-state index contributed by atoms with van der Waals surface area (Å²) in [5, 5.41) is 8.95. The number of hydrogen-bond donors (Lipinski definition) is 2. The van der Waals surface area contributed by atoms with Crippen molar-refractivity contribution < 1.29 is 18.3 Å². The Hall–Kier alpha value is -1.40. The molecule has 6 heteroatoms. The summed E-state index contributed by atoms with van der Waals surface area (Å²) in [6.07, 6.45) is 1.51. The van der Waals surface area contributed by atoms with Gasteiger partial charge in [-0.1, -0.05) is 37.3 Å². The van der Waals surface area contributed by atoms with Gasteiger partial charge in [-0.15, -0.1) is 0 Å². The minimum absolute atomic E-state index is 0.0191. The Bertz CT molecular complexity index is 585. The molecule has 0 saturated heterocycles. The molecular formula is C15H21NO4S. The van der Waals surface area contributed by atoms with Crippen LogP contribution in [0, 0.1) is 5.92 Å². The summed E-state index contributed by atoms with van der Waals surface area (Å²) in [5.41, 5.74) is 0.984. The summed E-state index contributed by atoms with van der Waals surface area (Å²) < 4.78 is 27.0. The first-order valence-electron chi connectivity index (χ1n) is 7.15. The molecule has 0 spiro atoms. The minimum atomic E-state index is -3.40. The Morgan fingerprint density at radius 2 is 2.00 bits per heavy atom. The van der Waals surface area contributed by atoms with E-state index in [1.807, 2.05) is 37.3 Å². The summed E-state index contributed by atoms with van der Waals surface area (Å²) in [6, 6.07) is 9.25. The van der Waals surface area contributed by atoms with Crippen LogP contribution in [0.2, 0.25) is 0 Å². The van der Waals surface area contributed by atoms with Crippen LogP contribution in [0.4, 0.5) is 0 Å². The fraction of sp³-hybridized carbons (Fsp3) is 0.533. The second-order valence-electron chi connectivity index (χ2n) is 5.76. The van der Waals surface area contributed by atoms with Gasteiger partial charge in [0.05, 0.1) is 11.7 Å². The maximum absolute atomic E-state index is 12.2. The molecule has 2 rings (SSSR count). The molecule has 1 aromatic rings. The third-order valence-corrected chi connectivity index (χ3v) is 5.60. The Kier molecular flexibility index (Phi) is 5.00. The van der Waals surface area contributed by atoms with Gasteiger partial charge < -0.3 is 5.11 Å². The van der Waals surface area contributed by atoms with Crippen LogP contribution in [-0.4, -0.2) is 31.3 Å². The zero-order valence-corrected chi connectivity index (χ0v) is 12.8. The minimum Gasteiger partial charge on any atom is -0.481 e. The molecule has 2 N–H and O–H groups in total. The van der Waals surface area contributed by atoms with Crippen LogP contribution >= 0.6 is 0 Å². The van der Waals surface area contributed by atoms with Crippen LogP contribution in [0.3, 0.4) is 0 Å². The summed E-state index contributed by atoms with van der Waals surface area (Å²) in [6.45, 7) is 1.88. The lowest BCUT2D eigenvalue weighted by atomic mass is 10.0. The summed E-state index contributed by atoms with van der Waals surface area (Å²) in [5.74, 6) is -1.34. The number of carboxylic acid groups (broad SMARTS) is 1. The van der Waals surface area contributed by atoms with E-state index in [9.17, 15) is 13.2 Å². The van der Waals surface area contributed by atoms with Gasteiger partial charge >= 0.3 is 5.97 Å². The molecule has 21 heavy (non-hydrogen) atoms. The largest absolute Gasteiger partial charge is 0.481 e. The van der Waals surface area contributed by atoms with Crippen LogP contribution in [0.25, 0.3) is 0 Å². The van der Waals surface area contributed by atoms with Crippen molar-refractivity contribution in [3.05, 3.63) is 35.9 Å². The van der Waals surface area contributed by atoms with Gasteiger partial charge in [0, 0.05) is 6.04 Å². The molecule has 116 valence electrons. The number of rotatable bonds is 6. The van der Waals surface area contributed by atoms with Gasteiger partial charge in [-0.05, 0) is 30.7 Å². The fourth-order valence-corrected chi connectivity index (χ4v) is 4.49. The maximum Gasteiger partial charge on any atom is 0.306 e. The number of aliphatic carboxylic acids is 1. The first-order valence-corrected chi connectivity index (χ1v) is 8.80. The molecule has 0 radical (unpaired) electrons. The number of nitrogens with one attached hydrogen (secondary N) is 1. The first kappa shape index (κ1) is 16.0. The Labute approximate surface area is 125 Å². The Morgan fingerprint density at radius 1 is 1.33 bits per heavy atom. The van der Waals surface area contributed by atoms with Crippen molar-refractivity contribution in [1.29, 1.82) is 0 Å². The number of benzene rings is 1. The second kappa shape index (κ2) is 6.58. The van der Waals surface area contributed by atoms with Crippen molar-refractivity contribution in [3.63, 3.8) is 0 Å². The molecule has 0 aliphatic heterocycles. The Balaban J connectivity index is 1.92. The zero-order valence-electron chi connectivity index (χ0n) is 12.0. The monoisotopic (exact) mass is 311 g/mol. The highest BCUT2D eigenvalue weighted by molar-refractivity contribution is 7.89. The highest BCUT2D eigenvalue weighted by Gasteiger charge is 2.32. The van der Waals surface area contributed by atoms with E-state index in [0.29, 0.717) is 19.3 Å². The quantitative estimate of drug-likeness (QED) is 0.841. The number of hydrogen-bond acceptors (Lipinski definition) is 3. The molecule has 3 unspecified atom stereocenters. The molecule has 1 fully saturated rings. The van der Waals surface area contributed by atoms with E-state index in [-0.39, 0.29) is 17.7 Å². The van der Waals surface area contributed by atoms with Crippen molar-refractivity contribution in [2.75, 3.05) is 5.75 Å². The first-order chi connectivity index (χ1) is 9.87. The molecule has 0 bridgehead atoms. The van der Waals surface area contributed by atoms with Crippen LogP contribution in [-0.2, 0) is 14.8 Å². The third kappa shape index (κ3) is 4.54. The predicted octanol–water partition coefficient (Wildman–Crippen LogP) is 1.96. The van der Waals surface area contributed by atoms with Crippen LogP contribution in [0.1, 0.15) is 37.7 Å². The molecule has 1 aliphatic rings. The van der Waals surface area contributed by atoms with Gasteiger partial charge in [0.1, 0.15) is 0 Å². The maximum atomic E-state index is 12.2. The normalized spacial score (nSPS) is 23.9. The van der Waals surface area contributed by atoms with E-state index < -0.39 is 21.9 Å². The molecule has 5 nitrogen and oxygen atoms in total. The van der Waals surface area contributed by atoms with Crippen molar-refractivity contribution in [2.24, 2.45) is 5.92 Å². The molecule has 1 aliphatic carbocycles. The van der Waals surface area contributed by atoms with Crippen molar-refractivity contribution in [1.82, 2.24) is 4.72 Å². The van der Waals surface area contributed by atoms with E-state index in [1.165, 1.54) is 0 Å². The SMILES string of the molecule is CC(CS(=O)(=O)NC1CCC(C(=O)O)C1)c1ccccc1. The van der Waals surface area contributed by atoms with Crippen LogP contribution in [0.15, 0.2) is 30.3 Å². The van der Waals surface area contributed by atoms with E-state index in [1.54, 1.807) is 0 Å². The molecule has 1 saturated carbocycles. The van der Waals surface area contributed by atoms with Crippen LogP contribution in [0.5, 0.6) is 0 Å².